The third-order valence-corrected chi connectivity index (χ3v) is 7.32. The molecule has 6 nitrogen and oxygen atoms in total. The number of nitrogens with zero attached hydrogens (tertiary/aromatic N) is 1. The SMILES string of the molecule is O=C(Nc1ccc(-c2nccs2)cc1)c1ccc(Cl)c(S(=O)(=O)NCc2ccccc2)c1. The van der Waals surface area contributed by atoms with Crippen LogP contribution in [0.3, 0.4) is 0 Å². The molecule has 4 aromatic rings. The summed E-state index contributed by atoms with van der Waals surface area (Å²) >= 11 is 7.66. The fraction of sp³-hybridized carbons (Fsp3) is 0.0435. The molecule has 0 aliphatic carbocycles. The Kier molecular flexibility index (Phi) is 6.66. The number of hydrogen-bond donors (Lipinski definition) is 2. The molecule has 0 saturated carbocycles. The van der Waals surface area contributed by atoms with Gasteiger partial charge in [-0.05, 0) is 48.0 Å². The maximum absolute atomic E-state index is 12.8. The van der Waals surface area contributed by atoms with Crippen LogP contribution in [0.1, 0.15) is 15.9 Å². The van der Waals surface area contributed by atoms with Gasteiger partial charge in [-0.15, -0.1) is 11.3 Å². The van der Waals surface area contributed by atoms with Crippen LogP contribution in [0.15, 0.2) is 89.3 Å². The first-order chi connectivity index (χ1) is 15.4. The summed E-state index contributed by atoms with van der Waals surface area (Å²) in [4.78, 5) is 16.8. The number of aromatic nitrogens is 1. The minimum absolute atomic E-state index is 0.0370. The van der Waals surface area contributed by atoms with E-state index in [-0.39, 0.29) is 22.0 Å². The van der Waals surface area contributed by atoms with Gasteiger partial charge in [0.15, 0.2) is 0 Å². The largest absolute Gasteiger partial charge is 0.322 e. The van der Waals surface area contributed by atoms with Crippen LogP contribution < -0.4 is 10.0 Å². The third-order valence-electron chi connectivity index (χ3n) is 4.61. The highest BCUT2D eigenvalue weighted by Gasteiger charge is 2.20. The van der Waals surface area contributed by atoms with Gasteiger partial charge in [-0.1, -0.05) is 41.9 Å². The lowest BCUT2D eigenvalue weighted by Gasteiger charge is -2.11. The van der Waals surface area contributed by atoms with Crippen molar-refractivity contribution < 1.29 is 13.2 Å². The molecule has 0 radical (unpaired) electrons. The highest BCUT2D eigenvalue weighted by molar-refractivity contribution is 7.89. The van der Waals surface area contributed by atoms with E-state index in [0.717, 1.165) is 16.1 Å². The van der Waals surface area contributed by atoms with Gasteiger partial charge in [0, 0.05) is 34.9 Å². The minimum Gasteiger partial charge on any atom is -0.322 e. The highest BCUT2D eigenvalue weighted by Crippen LogP contribution is 2.25. The lowest BCUT2D eigenvalue weighted by Crippen LogP contribution is -2.24. The summed E-state index contributed by atoms with van der Waals surface area (Å²) in [5.74, 6) is -0.442. The van der Waals surface area contributed by atoms with Gasteiger partial charge in [-0.3, -0.25) is 4.79 Å². The fourth-order valence-corrected chi connectivity index (χ4v) is 5.15. The number of nitrogens with one attached hydrogen (secondary N) is 2. The third kappa shape index (κ3) is 5.23. The van der Waals surface area contributed by atoms with Gasteiger partial charge in [0.05, 0.1) is 5.02 Å². The van der Waals surface area contributed by atoms with Crippen molar-refractivity contribution in [3.05, 3.63) is 101 Å². The van der Waals surface area contributed by atoms with E-state index in [0.29, 0.717) is 5.69 Å². The van der Waals surface area contributed by atoms with Crippen molar-refractivity contribution in [1.29, 1.82) is 0 Å². The minimum atomic E-state index is -3.92. The van der Waals surface area contributed by atoms with E-state index in [1.807, 2.05) is 47.8 Å². The molecule has 1 aromatic heterocycles. The van der Waals surface area contributed by atoms with Crippen molar-refractivity contribution in [2.45, 2.75) is 11.4 Å². The van der Waals surface area contributed by atoms with Gasteiger partial charge < -0.3 is 5.32 Å². The van der Waals surface area contributed by atoms with Crippen molar-refractivity contribution in [1.82, 2.24) is 9.71 Å². The first kappa shape index (κ1) is 22.2. The topological polar surface area (TPSA) is 88.2 Å². The molecule has 0 bridgehead atoms. The molecular formula is C23H18ClN3O3S2. The quantitative estimate of drug-likeness (QED) is 0.378. The molecule has 0 atom stereocenters. The smallest absolute Gasteiger partial charge is 0.255 e. The first-order valence-corrected chi connectivity index (χ1v) is 12.3. The number of hydrogen-bond acceptors (Lipinski definition) is 5. The second kappa shape index (κ2) is 9.62. The van der Waals surface area contributed by atoms with Crippen LogP contribution in [-0.4, -0.2) is 19.3 Å². The number of benzene rings is 3. The zero-order valence-corrected chi connectivity index (χ0v) is 19.0. The van der Waals surface area contributed by atoms with E-state index in [1.54, 1.807) is 18.3 Å². The van der Waals surface area contributed by atoms with Crippen LogP contribution in [-0.2, 0) is 16.6 Å². The van der Waals surface area contributed by atoms with Crippen LogP contribution in [0.2, 0.25) is 5.02 Å². The van der Waals surface area contributed by atoms with Gasteiger partial charge in [0.1, 0.15) is 9.90 Å². The van der Waals surface area contributed by atoms with Crippen molar-refractivity contribution >= 4 is 44.6 Å². The van der Waals surface area contributed by atoms with Gasteiger partial charge in [-0.25, -0.2) is 18.1 Å². The second-order valence-corrected chi connectivity index (χ2v) is 9.86. The molecular weight excluding hydrogens is 466 g/mol. The van der Waals surface area contributed by atoms with Crippen LogP contribution in [0.4, 0.5) is 5.69 Å². The molecule has 2 N–H and O–H groups in total. The lowest BCUT2D eigenvalue weighted by atomic mass is 10.2. The predicted molar refractivity (Wildman–Crippen MR) is 127 cm³/mol. The summed E-state index contributed by atoms with van der Waals surface area (Å²) in [5.41, 5.74) is 2.51. The molecule has 0 unspecified atom stereocenters. The number of carbonyl (C=O) groups excluding carboxylic acids is 1. The van der Waals surface area contributed by atoms with Gasteiger partial charge in [0.2, 0.25) is 10.0 Å². The van der Waals surface area contributed by atoms with Crippen molar-refractivity contribution in [2.75, 3.05) is 5.32 Å². The molecule has 32 heavy (non-hydrogen) atoms. The van der Waals surface area contributed by atoms with E-state index < -0.39 is 15.9 Å². The number of anilines is 1. The Morgan fingerprint density at radius 3 is 2.44 bits per heavy atom. The van der Waals surface area contributed by atoms with Crippen LogP contribution >= 0.6 is 22.9 Å². The number of thiazole rings is 1. The normalized spacial score (nSPS) is 11.3. The highest BCUT2D eigenvalue weighted by atomic mass is 35.5. The molecule has 1 amide bonds. The van der Waals surface area contributed by atoms with Gasteiger partial charge >= 0.3 is 0 Å². The Bertz CT molecular complexity index is 1320. The number of sulfonamides is 1. The lowest BCUT2D eigenvalue weighted by molar-refractivity contribution is 0.102. The molecule has 3 aromatic carbocycles. The van der Waals surface area contributed by atoms with Gasteiger partial charge in [0.25, 0.3) is 5.91 Å². The maximum atomic E-state index is 12.8. The standard InChI is InChI=1S/C23H18ClN3O3S2/c24-20-11-8-18(14-21(20)32(29,30)26-15-16-4-2-1-3-5-16)22(28)27-19-9-6-17(7-10-19)23-25-12-13-31-23/h1-14,26H,15H2,(H,27,28). The average molecular weight is 484 g/mol. The van der Waals surface area contributed by atoms with Crippen LogP contribution in [0, 0.1) is 0 Å². The van der Waals surface area contributed by atoms with Crippen LogP contribution in [0.5, 0.6) is 0 Å². The van der Waals surface area contributed by atoms with E-state index >= 15 is 0 Å². The summed E-state index contributed by atoms with van der Waals surface area (Å²) in [6.07, 6.45) is 1.73. The molecule has 0 spiro atoms. The Morgan fingerprint density at radius 2 is 1.75 bits per heavy atom. The van der Waals surface area contributed by atoms with E-state index in [2.05, 4.69) is 15.0 Å². The number of amides is 1. The molecule has 162 valence electrons. The molecule has 0 fully saturated rings. The average Bonchev–Trinajstić information content (AvgIpc) is 3.34. The molecule has 0 aliphatic rings. The second-order valence-electron chi connectivity index (χ2n) is 6.82. The molecule has 4 rings (SSSR count). The summed E-state index contributed by atoms with van der Waals surface area (Å²) < 4.78 is 28.1. The van der Waals surface area contributed by atoms with Crippen molar-refractivity contribution in [3.8, 4) is 10.6 Å². The fourth-order valence-electron chi connectivity index (χ4n) is 2.97. The number of rotatable bonds is 7. The maximum Gasteiger partial charge on any atom is 0.255 e. The molecule has 0 saturated heterocycles. The molecule has 1 heterocycles. The molecule has 9 heteroatoms. The summed E-state index contributed by atoms with van der Waals surface area (Å²) in [6.45, 7) is 0.112. The monoisotopic (exact) mass is 483 g/mol. The summed E-state index contributed by atoms with van der Waals surface area (Å²) in [6, 6.07) is 20.5. The van der Waals surface area contributed by atoms with E-state index in [4.69, 9.17) is 11.6 Å². The van der Waals surface area contributed by atoms with Crippen molar-refractivity contribution in [2.24, 2.45) is 0 Å². The van der Waals surface area contributed by atoms with E-state index in [9.17, 15) is 13.2 Å². The Morgan fingerprint density at radius 1 is 1.00 bits per heavy atom. The number of halogens is 1. The van der Waals surface area contributed by atoms with Gasteiger partial charge in [-0.2, -0.15) is 0 Å². The Labute approximate surface area is 195 Å². The summed E-state index contributed by atoms with van der Waals surface area (Å²) in [7, 11) is -3.92. The van der Waals surface area contributed by atoms with E-state index in [1.165, 1.54) is 29.5 Å². The zero-order chi connectivity index (χ0) is 22.6. The first-order valence-electron chi connectivity index (χ1n) is 9.57. The van der Waals surface area contributed by atoms with Crippen molar-refractivity contribution in [3.63, 3.8) is 0 Å². The Balaban J connectivity index is 1.49. The molecule has 0 aliphatic heterocycles. The number of carbonyl (C=O) groups is 1. The Hall–Kier alpha value is -3.04. The zero-order valence-electron chi connectivity index (χ0n) is 16.7. The summed E-state index contributed by atoms with van der Waals surface area (Å²) in [5, 5.41) is 5.59. The van der Waals surface area contributed by atoms with Crippen LogP contribution in [0.25, 0.3) is 10.6 Å². The predicted octanol–water partition coefficient (Wildman–Crippen LogP) is 5.19.